The van der Waals surface area contributed by atoms with E-state index in [9.17, 15) is 14.8 Å². The van der Waals surface area contributed by atoms with Crippen LogP contribution in [0, 0.1) is 19.1 Å². The van der Waals surface area contributed by atoms with Gasteiger partial charge in [-0.15, -0.1) is 0 Å². The summed E-state index contributed by atoms with van der Waals surface area (Å²) < 4.78 is 1.69. The molecule has 2 N–H and O–H groups in total. The minimum absolute atomic E-state index is 0.358. The maximum absolute atomic E-state index is 11.2. The Balaban J connectivity index is 3.16. The Morgan fingerprint density at radius 2 is 2.06 bits per heavy atom. The minimum Gasteiger partial charge on any atom is -0.711 e. The van der Waals surface area contributed by atoms with E-state index in [-0.39, 0.29) is 0 Å². The van der Waals surface area contributed by atoms with Gasteiger partial charge < -0.3 is 15.4 Å². The molecule has 0 fully saturated rings. The Morgan fingerprint density at radius 3 is 2.38 bits per heavy atom. The van der Waals surface area contributed by atoms with E-state index in [1.807, 2.05) is 0 Å². The van der Waals surface area contributed by atoms with Crippen LogP contribution in [0.15, 0.2) is 6.33 Å². The molecule has 1 aromatic rings. The number of hydrogen-bond donors (Lipinski definition) is 2. The highest BCUT2D eigenvalue weighted by atomic mass is 16.5. The number of carbonyl (C=O) groups is 2. The van der Waals surface area contributed by atoms with Crippen molar-refractivity contribution in [3.05, 3.63) is 22.9 Å². The van der Waals surface area contributed by atoms with Crippen molar-refractivity contribution in [2.45, 2.75) is 26.3 Å². The van der Waals surface area contributed by atoms with Crippen LogP contribution in [-0.4, -0.2) is 26.7 Å². The standard InChI is InChI=1S/C9H12N2O5/c1-5-6(2)11(16)4-10(5)7(9(14)15)3-8(12)13/h4,7H,3H2,1-2H3,(H,12,13)(H,14,15)/t7-/m0/s1. The molecular formula is C9H12N2O5. The molecule has 0 spiro atoms. The molecular weight excluding hydrogens is 216 g/mol. The number of aliphatic carboxylic acids is 2. The molecule has 7 heteroatoms. The molecule has 1 aromatic heterocycles. The molecule has 1 heterocycles. The van der Waals surface area contributed by atoms with Gasteiger partial charge in [-0.25, -0.2) is 14.1 Å². The smallest absolute Gasteiger partial charge is 0.349 e. The summed E-state index contributed by atoms with van der Waals surface area (Å²) in [4.78, 5) is 21.4. The number of nitrogens with zero attached hydrogens (tertiary/aromatic N) is 2. The second kappa shape index (κ2) is 4.21. The summed E-state index contributed by atoms with van der Waals surface area (Å²) in [5.41, 5.74) is 0.806. The van der Waals surface area contributed by atoms with E-state index in [4.69, 9.17) is 10.2 Å². The summed E-state index contributed by atoms with van der Waals surface area (Å²) >= 11 is 0. The van der Waals surface area contributed by atoms with Crippen molar-refractivity contribution in [3.63, 3.8) is 0 Å². The van der Waals surface area contributed by atoms with E-state index in [1.54, 1.807) is 13.8 Å². The first kappa shape index (κ1) is 12.0. The lowest BCUT2D eigenvalue weighted by atomic mass is 10.2. The van der Waals surface area contributed by atoms with E-state index < -0.39 is 24.4 Å². The van der Waals surface area contributed by atoms with Gasteiger partial charge in [-0.3, -0.25) is 4.79 Å². The van der Waals surface area contributed by atoms with E-state index in [2.05, 4.69) is 0 Å². The summed E-state index contributed by atoms with van der Waals surface area (Å²) in [6.45, 7) is 3.11. The first-order valence-corrected chi connectivity index (χ1v) is 4.56. The first-order valence-electron chi connectivity index (χ1n) is 4.56. The molecule has 0 amide bonds. The van der Waals surface area contributed by atoms with Gasteiger partial charge in [-0.1, -0.05) is 0 Å². The van der Waals surface area contributed by atoms with E-state index in [0.717, 1.165) is 6.33 Å². The summed E-state index contributed by atoms with van der Waals surface area (Å²) in [5, 5.41) is 28.7. The number of rotatable bonds is 4. The number of imidazole rings is 1. The SMILES string of the molecule is Cc1c(C)[n+]([O-])cn1[C@@H](CC(=O)O)C(=O)O. The van der Waals surface area contributed by atoms with Crippen LogP contribution in [0.1, 0.15) is 23.9 Å². The Kier molecular flexibility index (Phi) is 3.17. The van der Waals surface area contributed by atoms with Crippen LogP contribution in [0.25, 0.3) is 0 Å². The fraction of sp³-hybridized carbons (Fsp3) is 0.444. The maximum atomic E-state index is 11.2. The molecule has 0 unspecified atom stereocenters. The van der Waals surface area contributed by atoms with Crippen LogP contribution in [0.4, 0.5) is 0 Å². The highest BCUT2D eigenvalue weighted by Crippen LogP contribution is 2.15. The zero-order chi connectivity index (χ0) is 12.5. The molecule has 0 aliphatic heterocycles. The highest BCUT2D eigenvalue weighted by Gasteiger charge is 2.30. The second-order valence-corrected chi connectivity index (χ2v) is 3.47. The van der Waals surface area contributed by atoms with E-state index >= 15 is 0 Å². The third kappa shape index (κ3) is 2.13. The van der Waals surface area contributed by atoms with Gasteiger partial charge in [0, 0.05) is 13.8 Å². The van der Waals surface area contributed by atoms with Gasteiger partial charge in [0.05, 0.1) is 6.42 Å². The van der Waals surface area contributed by atoms with E-state index in [1.165, 1.54) is 4.57 Å². The maximum Gasteiger partial charge on any atom is 0.349 e. The molecule has 0 aromatic carbocycles. The molecule has 0 radical (unpaired) electrons. The predicted octanol–water partition coefficient (Wildman–Crippen LogP) is -0.161. The van der Waals surface area contributed by atoms with Crippen LogP contribution in [0.3, 0.4) is 0 Å². The third-order valence-corrected chi connectivity index (χ3v) is 2.46. The summed E-state index contributed by atoms with van der Waals surface area (Å²) in [6.07, 6.45) is 0.483. The van der Waals surface area contributed by atoms with Crippen molar-refractivity contribution >= 4 is 11.9 Å². The molecule has 0 aliphatic carbocycles. The van der Waals surface area contributed by atoms with Gasteiger partial charge in [0.25, 0.3) is 0 Å². The van der Waals surface area contributed by atoms with Crippen LogP contribution < -0.4 is 4.73 Å². The lowest BCUT2D eigenvalue weighted by Gasteiger charge is -2.07. The number of hydrogen-bond acceptors (Lipinski definition) is 3. The molecule has 0 bridgehead atoms. The monoisotopic (exact) mass is 228 g/mol. The van der Waals surface area contributed by atoms with Crippen LogP contribution in [0.5, 0.6) is 0 Å². The van der Waals surface area contributed by atoms with Gasteiger partial charge in [-0.2, -0.15) is 0 Å². The first-order chi connectivity index (χ1) is 7.34. The topological polar surface area (TPSA) is 106 Å². The molecule has 0 saturated carbocycles. The summed E-state index contributed by atoms with van der Waals surface area (Å²) in [5.74, 6) is -2.50. The van der Waals surface area contributed by atoms with Gasteiger partial charge in [0.1, 0.15) is 11.4 Å². The van der Waals surface area contributed by atoms with E-state index in [0.29, 0.717) is 16.1 Å². The second-order valence-electron chi connectivity index (χ2n) is 3.47. The summed E-state index contributed by atoms with van der Waals surface area (Å²) in [7, 11) is 0. The molecule has 16 heavy (non-hydrogen) atoms. The van der Waals surface area contributed by atoms with Gasteiger partial charge in [0.15, 0.2) is 0 Å². The minimum atomic E-state index is -1.28. The van der Waals surface area contributed by atoms with Crippen molar-refractivity contribution in [3.8, 4) is 0 Å². The number of carboxylic acid groups (broad SMARTS) is 2. The Labute approximate surface area is 91.1 Å². The summed E-state index contributed by atoms with van der Waals surface area (Å²) in [6, 6.07) is -1.26. The Bertz CT molecular complexity index is 437. The van der Waals surface area contributed by atoms with Crippen LogP contribution in [0.2, 0.25) is 0 Å². The normalized spacial score (nSPS) is 12.4. The Morgan fingerprint density at radius 1 is 1.50 bits per heavy atom. The van der Waals surface area contributed by atoms with Crippen LogP contribution >= 0.6 is 0 Å². The fourth-order valence-electron chi connectivity index (χ4n) is 1.42. The highest BCUT2D eigenvalue weighted by molar-refractivity contribution is 5.79. The van der Waals surface area contributed by atoms with Gasteiger partial charge in [0.2, 0.25) is 12.4 Å². The average Bonchev–Trinajstić information content (AvgIpc) is 2.42. The largest absolute Gasteiger partial charge is 0.711 e. The zero-order valence-electron chi connectivity index (χ0n) is 8.88. The third-order valence-electron chi connectivity index (χ3n) is 2.46. The van der Waals surface area contributed by atoms with Crippen molar-refractivity contribution in [1.82, 2.24) is 4.57 Å². The number of carboxylic acids is 2. The predicted molar refractivity (Wildman–Crippen MR) is 51.8 cm³/mol. The van der Waals surface area contributed by atoms with Crippen LogP contribution in [-0.2, 0) is 9.59 Å². The average molecular weight is 228 g/mol. The lowest BCUT2D eigenvalue weighted by molar-refractivity contribution is -0.611. The van der Waals surface area contributed by atoms with Crippen molar-refractivity contribution in [2.24, 2.45) is 0 Å². The molecule has 0 aliphatic rings. The fourth-order valence-corrected chi connectivity index (χ4v) is 1.42. The van der Waals surface area contributed by atoms with Crippen molar-refractivity contribution in [1.29, 1.82) is 0 Å². The van der Waals surface area contributed by atoms with Crippen molar-refractivity contribution < 1.29 is 24.5 Å². The van der Waals surface area contributed by atoms with Gasteiger partial charge >= 0.3 is 11.9 Å². The number of aromatic nitrogens is 2. The molecule has 1 rings (SSSR count). The molecule has 7 nitrogen and oxygen atoms in total. The van der Waals surface area contributed by atoms with Gasteiger partial charge in [-0.05, 0) is 0 Å². The zero-order valence-corrected chi connectivity index (χ0v) is 8.88. The van der Waals surface area contributed by atoms with Crippen molar-refractivity contribution in [2.75, 3.05) is 0 Å². The lowest BCUT2D eigenvalue weighted by Crippen LogP contribution is -2.27. The molecule has 88 valence electrons. The molecule has 0 saturated heterocycles. The Hall–Kier alpha value is -2.05. The quantitative estimate of drug-likeness (QED) is 0.550. The molecule has 1 atom stereocenters.